The van der Waals surface area contributed by atoms with E-state index < -0.39 is 0 Å². The van der Waals surface area contributed by atoms with Crippen molar-refractivity contribution in [2.75, 3.05) is 18.5 Å². The number of ether oxygens (including phenoxy) is 1. The monoisotopic (exact) mass is 224 g/mol. The minimum Gasteiger partial charge on any atom is -0.464 e. The largest absolute Gasteiger partial charge is 0.464 e. The van der Waals surface area contributed by atoms with Crippen molar-refractivity contribution in [1.82, 2.24) is 15.0 Å². The van der Waals surface area contributed by atoms with E-state index in [4.69, 9.17) is 4.74 Å². The van der Waals surface area contributed by atoms with E-state index in [1.54, 1.807) is 0 Å². The molecule has 1 N–H and O–H groups in total. The van der Waals surface area contributed by atoms with Crippen LogP contribution in [-0.4, -0.2) is 28.1 Å². The van der Waals surface area contributed by atoms with Gasteiger partial charge in [-0.05, 0) is 19.8 Å². The molecule has 0 fully saturated rings. The van der Waals surface area contributed by atoms with Crippen molar-refractivity contribution in [3.8, 4) is 6.01 Å². The van der Waals surface area contributed by atoms with E-state index in [1.165, 1.54) is 0 Å². The second kappa shape index (κ2) is 6.25. The van der Waals surface area contributed by atoms with Crippen LogP contribution in [0.3, 0.4) is 0 Å². The summed E-state index contributed by atoms with van der Waals surface area (Å²) < 4.78 is 5.31. The van der Waals surface area contributed by atoms with Gasteiger partial charge < -0.3 is 10.1 Å². The number of nitrogens with one attached hydrogen (secondary N) is 1. The molecule has 16 heavy (non-hydrogen) atoms. The van der Waals surface area contributed by atoms with Gasteiger partial charge >= 0.3 is 6.01 Å². The SMILES string of the molecule is CCNc1nc(CC(C)C)nc(OCC)n1. The molecule has 1 rings (SSSR count). The molecule has 0 spiro atoms. The molecule has 0 atom stereocenters. The molecule has 0 saturated heterocycles. The number of hydrogen-bond donors (Lipinski definition) is 1. The number of aromatic nitrogens is 3. The minimum atomic E-state index is 0.407. The van der Waals surface area contributed by atoms with Crippen LogP contribution in [0.1, 0.15) is 33.5 Å². The van der Waals surface area contributed by atoms with Crippen LogP contribution in [0.15, 0.2) is 0 Å². The van der Waals surface area contributed by atoms with Gasteiger partial charge in [0, 0.05) is 13.0 Å². The van der Waals surface area contributed by atoms with Crippen LogP contribution in [0.2, 0.25) is 0 Å². The number of nitrogens with zero attached hydrogens (tertiary/aromatic N) is 3. The maximum atomic E-state index is 5.31. The van der Waals surface area contributed by atoms with Gasteiger partial charge in [0.2, 0.25) is 5.95 Å². The number of rotatable bonds is 6. The second-order valence-corrected chi connectivity index (χ2v) is 3.92. The molecule has 1 aromatic rings. The summed E-state index contributed by atoms with van der Waals surface area (Å²) in [6.45, 7) is 9.55. The van der Waals surface area contributed by atoms with Crippen molar-refractivity contribution in [3.63, 3.8) is 0 Å². The zero-order valence-corrected chi connectivity index (χ0v) is 10.4. The van der Waals surface area contributed by atoms with Crippen molar-refractivity contribution in [3.05, 3.63) is 5.82 Å². The fraction of sp³-hybridized carbons (Fsp3) is 0.727. The lowest BCUT2D eigenvalue weighted by atomic mass is 10.1. The van der Waals surface area contributed by atoms with Crippen molar-refractivity contribution in [2.24, 2.45) is 5.92 Å². The third kappa shape index (κ3) is 4.00. The first-order valence-electron chi connectivity index (χ1n) is 5.77. The van der Waals surface area contributed by atoms with Crippen LogP contribution in [0, 0.1) is 5.92 Å². The van der Waals surface area contributed by atoms with Crippen molar-refractivity contribution < 1.29 is 4.74 Å². The standard InChI is InChI=1S/C11H20N4O/c1-5-12-10-13-9(7-8(3)4)14-11(15-10)16-6-2/h8H,5-7H2,1-4H3,(H,12,13,14,15). The second-order valence-electron chi connectivity index (χ2n) is 3.92. The summed E-state index contributed by atoms with van der Waals surface area (Å²) in [5, 5.41) is 3.08. The van der Waals surface area contributed by atoms with E-state index in [0.717, 1.165) is 18.8 Å². The van der Waals surface area contributed by atoms with Crippen molar-refractivity contribution in [1.29, 1.82) is 0 Å². The molecule has 5 heteroatoms. The predicted octanol–water partition coefficient (Wildman–Crippen LogP) is 1.90. The molecular formula is C11H20N4O. The van der Waals surface area contributed by atoms with Gasteiger partial charge in [-0.3, -0.25) is 0 Å². The lowest BCUT2D eigenvalue weighted by molar-refractivity contribution is 0.310. The lowest BCUT2D eigenvalue weighted by Gasteiger charge is -2.08. The van der Waals surface area contributed by atoms with Gasteiger partial charge in [0.1, 0.15) is 5.82 Å². The summed E-state index contributed by atoms with van der Waals surface area (Å²) in [4.78, 5) is 12.8. The maximum Gasteiger partial charge on any atom is 0.321 e. The molecule has 1 aromatic heterocycles. The van der Waals surface area contributed by atoms with E-state index in [9.17, 15) is 0 Å². The lowest BCUT2D eigenvalue weighted by Crippen LogP contribution is -2.10. The third-order valence-electron chi connectivity index (χ3n) is 1.86. The molecular weight excluding hydrogens is 204 g/mol. The Morgan fingerprint density at radius 1 is 1.19 bits per heavy atom. The van der Waals surface area contributed by atoms with Crippen LogP contribution < -0.4 is 10.1 Å². The van der Waals surface area contributed by atoms with Gasteiger partial charge in [0.25, 0.3) is 0 Å². The van der Waals surface area contributed by atoms with Gasteiger partial charge in [-0.15, -0.1) is 0 Å². The Bertz CT molecular complexity index is 304. The van der Waals surface area contributed by atoms with E-state index in [-0.39, 0.29) is 0 Å². The predicted molar refractivity (Wildman–Crippen MR) is 63.7 cm³/mol. The highest BCUT2D eigenvalue weighted by Crippen LogP contribution is 2.10. The quantitative estimate of drug-likeness (QED) is 0.799. The van der Waals surface area contributed by atoms with Gasteiger partial charge in [0.15, 0.2) is 0 Å². The molecule has 0 aliphatic heterocycles. The maximum absolute atomic E-state index is 5.31. The summed E-state index contributed by atoms with van der Waals surface area (Å²) in [6.07, 6.45) is 0.834. The molecule has 0 aliphatic carbocycles. The van der Waals surface area contributed by atoms with Crippen LogP contribution in [0.4, 0.5) is 5.95 Å². The summed E-state index contributed by atoms with van der Waals surface area (Å²) in [6, 6.07) is 0.407. The van der Waals surface area contributed by atoms with Crippen LogP contribution in [0.5, 0.6) is 6.01 Å². The minimum absolute atomic E-state index is 0.407. The first-order valence-corrected chi connectivity index (χ1v) is 5.77. The fourth-order valence-corrected chi connectivity index (χ4v) is 1.29. The van der Waals surface area contributed by atoms with E-state index >= 15 is 0 Å². The molecule has 0 aliphatic rings. The molecule has 0 unspecified atom stereocenters. The van der Waals surface area contributed by atoms with Crippen LogP contribution >= 0.6 is 0 Å². The zero-order chi connectivity index (χ0) is 12.0. The Labute approximate surface area is 96.7 Å². The zero-order valence-electron chi connectivity index (χ0n) is 10.4. The van der Waals surface area contributed by atoms with E-state index in [1.807, 2.05) is 13.8 Å². The Morgan fingerprint density at radius 3 is 2.50 bits per heavy atom. The topological polar surface area (TPSA) is 59.9 Å². The molecule has 90 valence electrons. The Morgan fingerprint density at radius 2 is 1.94 bits per heavy atom. The average molecular weight is 224 g/mol. The first kappa shape index (κ1) is 12.7. The number of hydrogen-bond acceptors (Lipinski definition) is 5. The fourth-order valence-electron chi connectivity index (χ4n) is 1.29. The van der Waals surface area contributed by atoms with Crippen LogP contribution in [-0.2, 0) is 6.42 Å². The van der Waals surface area contributed by atoms with Crippen molar-refractivity contribution >= 4 is 5.95 Å². The molecule has 0 bridgehead atoms. The third-order valence-corrected chi connectivity index (χ3v) is 1.86. The summed E-state index contributed by atoms with van der Waals surface area (Å²) >= 11 is 0. The highest BCUT2D eigenvalue weighted by Gasteiger charge is 2.08. The van der Waals surface area contributed by atoms with Gasteiger partial charge in [0.05, 0.1) is 6.61 Å². The Kier molecular flexibility index (Phi) is 4.95. The van der Waals surface area contributed by atoms with Gasteiger partial charge in [-0.1, -0.05) is 13.8 Å². The first-order chi connectivity index (χ1) is 7.65. The molecule has 0 aromatic carbocycles. The molecule has 0 radical (unpaired) electrons. The normalized spacial score (nSPS) is 10.6. The number of anilines is 1. The summed E-state index contributed by atoms with van der Waals surface area (Å²) in [5.41, 5.74) is 0. The molecule has 0 saturated carbocycles. The molecule has 0 amide bonds. The Balaban J connectivity index is 2.88. The molecule has 5 nitrogen and oxygen atoms in total. The highest BCUT2D eigenvalue weighted by atomic mass is 16.5. The van der Waals surface area contributed by atoms with E-state index in [0.29, 0.717) is 24.5 Å². The van der Waals surface area contributed by atoms with Gasteiger partial charge in [-0.2, -0.15) is 15.0 Å². The Hall–Kier alpha value is -1.39. The summed E-state index contributed by atoms with van der Waals surface area (Å²) in [5.74, 6) is 1.90. The summed E-state index contributed by atoms with van der Waals surface area (Å²) in [7, 11) is 0. The average Bonchev–Trinajstić information content (AvgIpc) is 2.17. The smallest absolute Gasteiger partial charge is 0.321 e. The van der Waals surface area contributed by atoms with Crippen LogP contribution in [0.25, 0.3) is 0 Å². The molecule has 1 heterocycles. The van der Waals surface area contributed by atoms with Gasteiger partial charge in [-0.25, -0.2) is 0 Å². The highest BCUT2D eigenvalue weighted by molar-refractivity contribution is 5.25. The van der Waals surface area contributed by atoms with Crippen molar-refractivity contribution in [2.45, 2.75) is 34.1 Å². The van der Waals surface area contributed by atoms with E-state index in [2.05, 4.69) is 34.1 Å².